The van der Waals surface area contributed by atoms with Crippen molar-refractivity contribution < 1.29 is 0 Å². The molecule has 16 heavy (non-hydrogen) atoms. The Kier molecular flexibility index (Phi) is 2.36. The van der Waals surface area contributed by atoms with Crippen LogP contribution in [0.1, 0.15) is 0 Å². The molecule has 3 rings (SSSR count). The summed E-state index contributed by atoms with van der Waals surface area (Å²) in [5.74, 6) is 0.727. The quantitative estimate of drug-likeness (QED) is 0.594. The Morgan fingerprint density at radius 1 is 1.50 bits per heavy atom. The summed E-state index contributed by atoms with van der Waals surface area (Å²) in [6.45, 7) is 0.655. The lowest BCUT2D eigenvalue weighted by Gasteiger charge is -2.01. The van der Waals surface area contributed by atoms with Crippen molar-refractivity contribution in [3.05, 3.63) is 22.7 Å². The van der Waals surface area contributed by atoms with E-state index < -0.39 is 0 Å². The Morgan fingerprint density at radius 2 is 2.31 bits per heavy atom. The fourth-order valence-corrected chi connectivity index (χ4v) is 3.02. The fraction of sp³-hybridized carbons (Fsp3) is 0.333. The van der Waals surface area contributed by atoms with Gasteiger partial charge < -0.3 is 0 Å². The molecule has 2 aromatic rings. The van der Waals surface area contributed by atoms with Gasteiger partial charge in [-0.15, -0.1) is 0 Å². The van der Waals surface area contributed by atoms with Gasteiger partial charge in [-0.2, -0.15) is 12.6 Å². The van der Waals surface area contributed by atoms with E-state index in [0.29, 0.717) is 23.0 Å². The summed E-state index contributed by atoms with van der Waals surface area (Å²) in [4.78, 5) is 24.5. The summed E-state index contributed by atoms with van der Waals surface area (Å²) in [6, 6.07) is 0. The second-order valence-corrected chi connectivity index (χ2v) is 5.09. The van der Waals surface area contributed by atoms with Crippen molar-refractivity contribution in [1.82, 2.24) is 19.5 Å². The molecule has 1 aliphatic rings. The normalized spacial score (nSPS) is 18.9. The van der Waals surface area contributed by atoms with Gasteiger partial charge in [-0.05, 0) is 0 Å². The summed E-state index contributed by atoms with van der Waals surface area (Å²) in [5, 5.41) is 1.03. The van der Waals surface area contributed by atoms with Crippen molar-refractivity contribution in [2.75, 3.05) is 5.75 Å². The van der Waals surface area contributed by atoms with Gasteiger partial charge in [-0.1, -0.05) is 11.8 Å². The van der Waals surface area contributed by atoms with Gasteiger partial charge in [0.1, 0.15) is 0 Å². The SMILES string of the molecule is O=c1c2nccnc2nc2n1C[C@H](CS)S2. The van der Waals surface area contributed by atoms with Crippen LogP contribution in [0.5, 0.6) is 0 Å². The van der Waals surface area contributed by atoms with E-state index in [-0.39, 0.29) is 5.56 Å². The molecule has 0 saturated carbocycles. The van der Waals surface area contributed by atoms with Crippen LogP contribution < -0.4 is 5.56 Å². The van der Waals surface area contributed by atoms with Crippen molar-refractivity contribution in [3.63, 3.8) is 0 Å². The summed E-state index contributed by atoms with van der Waals surface area (Å²) in [7, 11) is 0. The van der Waals surface area contributed by atoms with Crippen LogP contribution in [0.3, 0.4) is 0 Å². The molecule has 7 heteroatoms. The average Bonchev–Trinajstić information content (AvgIpc) is 2.73. The predicted octanol–water partition coefficient (Wildman–Crippen LogP) is 0.591. The number of thioether (sulfide) groups is 1. The third kappa shape index (κ3) is 1.42. The van der Waals surface area contributed by atoms with E-state index in [0.717, 1.165) is 10.9 Å². The molecule has 0 bridgehead atoms. The van der Waals surface area contributed by atoms with E-state index in [2.05, 4.69) is 27.6 Å². The first-order valence-electron chi connectivity index (χ1n) is 4.78. The first kappa shape index (κ1) is 10.1. The highest BCUT2D eigenvalue weighted by Gasteiger charge is 2.25. The molecule has 1 aliphatic heterocycles. The molecular weight excluding hydrogens is 244 g/mol. The molecule has 0 radical (unpaired) electrons. The van der Waals surface area contributed by atoms with E-state index in [4.69, 9.17) is 0 Å². The second kappa shape index (κ2) is 3.74. The van der Waals surface area contributed by atoms with Crippen LogP contribution in [-0.4, -0.2) is 30.5 Å². The van der Waals surface area contributed by atoms with Crippen LogP contribution in [0.15, 0.2) is 22.3 Å². The lowest BCUT2D eigenvalue weighted by molar-refractivity contribution is 0.628. The lowest BCUT2D eigenvalue weighted by atomic mass is 10.4. The minimum Gasteiger partial charge on any atom is -0.284 e. The Labute approximate surface area is 101 Å². The van der Waals surface area contributed by atoms with Crippen LogP contribution in [0.4, 0.5) is 0 Å². The van der Waals surface area contributed by atoms with E-state index in [9.17, 15) is 4.79 Å². The molecule has 0 aliphatic carbocycles. The summed E-state index contributed by atoms with van der Waals surface area (Å²) < 4.78 is 1.66. The molecule has 1 atom stereocenters. The number of hydrogen-bond donors (Lipinski definition) is 1. The number of thiol groups is 1. The molecule has 0 N–H and O–H groups in total. The monoisotopic (exact) mass is 252 g/mol. The van der Waals surface area contributed by atoms with Gasteiger partial charge in [0.25, 0.3) is 5.56 Å². The average molecular weight is 252 g/mol. The summed E-state index contributed by atoms with van der Waals surface area (Å²) in [6.07, 6.45) is 3.05. The van der Waals surface area contributed by atoms with Crippen molar-refractivity contribution in [2.45, 2.75) is 17.0 Å². The largest absolute Gasteiger partial charge is 0.284 e. The minimum absolute atomic E-state index is 0.107. The van der Waals surface area contributed by atoms with Gasteiger partial charge in [-0.3, -0.25) is 9.36 Å². The molecule has 82 valence electrons. The Balaban J connectivity index is 2.28. The van der Waals surface area contributed by atoms with E-state index in [1.54, 1.807) is 22.5 Å². The van der Waals surface area contributed by atoms with Crippen molar-refractivity contribution >= 4 is 35.6 Å². The molecular formula is C9H8N4OS2. The number of rotatable bonds is 1. The van der Waals surface area contributed by atoms with Crippen molar-refractivity contribution in [2.24, 2.45) is 0 Å². The van der Waals surface area contributed by atoms with E-state index in [1.165, 1.54) is 6.20 Å². The van der Waals surface area contributed by atoms with Crippen molar-refractivity contribution in [1.29, 1.82) is 0 Å². The standard InChI is InChI=1S/C9H8N4OS2/c14-8-6-7(11-2-1-10-6)12-9-13(8)3-5(4-15)16-9/h1-2,5,15H,3-4H2/t5-/m1/s1. The van der Waals surface area contributed by atoms with Crippen LogP contribution >= 0.6 is 24.4 Å². The van der Waals surface area contributed by atoms with Gasteiger partial charge in [-0.25, -0.2) is 15.0 Å². The zero-order chi connectivity index (χ0) is 11.1. The van der Waals surface area contributed by atoms with Crippen molar-refractivity contribution in [3.8, 4) is 0 Å². The zero-order valence-corrected chi connectivity index (χ0v) is 9.91. The molecule has 0 saturated heterocycles. The highest BCUT2D eigenvalue weighted by molar-refractivity contribution is 8.00. The van der Waals surface area contributed by atoms with Crippen LogP contribution in [0.2, 0.25) is 0 Å². The second-order valence-electron chi connectivity index (χ2n) is 3.46. The number of nitrogens with zero attached hydrogens (tertiary/aromatic N) is 4. The molecule has 0 spiro atoms. The Hall–Kier alpha value is -1.08. The third-order valence-corrected chi connectivity index (χ3v) is 4.28. The lowest BCUT2D eigenvalue weighted by Crippen LogP contribution is -2.23. The molecule has 0 unspecified atom stereocenters. The van der Waals surface area contributed by atoms with Gasteiger partial charge in [0.05, 0.1) is 0 Å². The molecule has 0 aromatic carbocycles. The number of fused-ring (bicyclic) bond motifs is 2. The van der Waals surface area contributed by atoms with Crippen LogP contribution in [-0.2, 0) is 6.54 Å². The van der Waals surface area contributed by atoms with Crippen LogP contribution in [0.25, 0.3) is 11.2 Å². The summed E-state index contributed by atoms with van der Waals surface area (Å²) >= 11 is 5.81. The van der Waals surface area contributed by atoms with Crippen LogP contribution in [0, 0.1) is 0 Å². The maximum atomic E-state index is 12.1. The number of hydrogen-bond acceptors (Lipinski definition) is 6. The molecule has 0 fully saturated rings. The van der Waals surface area contributed by atoms with Gasteiger partial charge in [0.2, 0.25) is 0 Å². The topological polar surface area (TPSA) is 60.7 Å². The minimum atomic E-state index is -0.107. The Morgan fingerprint density at radius 3 is 3.12 bits per heavy atom. The highest BCUT2D eigenvalue weighted by Crippen LogP contribution is 2.29. The summed E-state index contributed by atoms with van der Waals surface area (Å²) in [5.41, 5.74) is 0.655. The molecule has 2 aromatic heterocycles. The first-order chi connectivity index (χ1) is 7.79. The highest BCUT2D eigenvalue weighted by atomic mass is 32.2. The maximum Gasteiger partial charge on any atom is 0.282 e. The third-order valence-electron chi connectivity index (χ3n) is 2.42. The molecule has 0 amide bonds. The molecule has 5 nitrogen and oxygen atoms in total. The van der Waals surface area contributed by atoms with Gasteiger partial charge >= 0.3 is 0 Å². The van der Waals surface area contributed by atoms with E-state index in [1.807, 2.05) is 0 Å². The fourth-order valence-electron chi connectivity index (χ4n) is 1.66. The van der Waals surface area contributed by atoms with Gasteiger partial charge in [0.15, 0.2) is 16.3 Å². The van der Waals surface area contributed by atoms with E-state index >= 15 is 0 Å². The van der Waals surface area contributed by atoms with Gasteiger partial charge in [0, 0.05) is 29.9 Å². The predicted molar refractivity (Wildman–Crippen MR) is 65.1 cm³/mol. The zero-order valence-electron chi connectivity index (χ0n) is 8.20. The smallest absolute Gasteiger partial charge is 0.282 e. The molecule has 3 heterocycles. The number of aromatic nitrogens is 4. The maximum absolute atomic E-state index is 12.1. The Bertz CT molecular complexity index is 612. The first-order valence-corrected chi connectivity index (χ1v) is 6.30.